The van der Waals surface area contributed by atoms with Gasteiger partial charge in [-0.3, -0.25) is 0 Å². The Morgan fingerprint density at radius 1 is 1.69 bits per heavy atom. The highest BCUT2D eigenvalue weighted by Crippen LogP contribution is 2.45. The van der Waals surface area contributed by atoms with Crippen LogP contribution < -0.4 is 5.73 Å². The lowest BCUT2D eigenvalue weighted by molar-refractivity contribution is 0.0224. The van der Waals surface area contributed by atoms with E-state index in [-0.39, 0.29) is 11.6 Å². The van der Waals surface area contributed by atoms with Crippen LogP contribution in [0.5, 0.6) is 0 Å². The molecule has 4 heteroatoms. The summed E-state index contributed by atoms with van der Waals surface area (Å²) in [6.07, 6.45) is 1.16. The first-order valence-electron chi connectivity index (χ1n) is 4.25. The molecule has 1 aromatic heterocycles. The smallest absolute Gasteiger partial charge is 0.0582 e. The summed E-state index contributed by atoms with van der Waals surface area (Å²) >= 11 is 5.21. The SMILES string of the molecule is Cc1cc(Br)c(C2(N)CC(O)C2)s1. The van der Waals surface area contributed by atoms with Crippen LogP contribution in [0.15, 0.2) is 10.5 Å². The Morgan fingerprint density at radius 3 is 2.69 bits per heavy atom. The monoisotopic (exact) mass is 261 g/mol. The van der Waals surface area contributed by atoms with Gasteiger partial charge in [0.2, 0.25) is 0 Å². The maximum absolute atomic E-state index is 9.25. The van der Waals surface area contributed by atoms with Crippen LogP contribution in [0.2, 0.25) is 0 Å². The minimum atomic E-state index is -0.281. The molecule has 2 nitrogen and oxygen atoms in total. The molecule has 0 saturated heterocycles. The van der Waals surface area contributed by atoms with Crippen LogP contribution in [0.1, 0.15) is 22.6 Å². The van der Waals surface area contributed by atoms with E-state index >= 15 is 0 Å². The van der Waals surface area contributed by atoms with Crippen LogP contribution >= 0.6 is 27.3 Å². The van der Waals surface area contributed by atoms with Crippen LogP contribution in [0, 0.1) is 6.92 Å². The summed E-state index contributed by atoms with van der Waals surface area (Å²) in [5, 5.41) is 9.25. The predicted molar refractivity (Wildman–Crippen MR) is 57.9 cm³/mol. The fourth-order valence-electron chi connectivity index (χ4n) is 1.79. The van der Waals surface area contributed by atoms with Gasteiger partial charge in [0.05, 0.1) is 11.6 Å². The van der Waals surface area contributed by atoms with E-state index in [4.69, 9.17) is 5.73 Å². The predicted octanol–water partition coefficient (Wildman–Crippen LogP) is 2.13. The molecule has 0 spiro atoms. The van der Waals surface area contributed by atoms with Gasteiger partial charge in [0, 0.05) is 14.2 Å². The minimum Gasteiger partial charge on any atom is -0.393 e. The normalized spacial score (nSPS) is 33.1. The fraction of sp³-hybridized carbons (Fsp3) is 0.556. The molecule has 0 aliphatic heterocycles. The maximum atomic E-state index is 9.25. The summed E-state index contributed by atoms with van der Waals surface area (Å²) in [5.41, 5.74) is 5.87. The van der Waals surface area contributed by atoms with Crippen molar-refractivity contribution >= 4 is 27.3 Å². The molecule has 0 radical (unpaired) electrons. The molecular weight excluding hydrogens is 250 g/mol. The zero-order chi connectivity index (χ0) is 9.64. The van der Waals surface area contributed by atoms with Crippen molar-refractivity contribution in [3.05, 3.63) is 20.3 Å². The third-order valence-electron chi connectivity index (χ3n) is 2.46. The fourth-order valence-corrected chi connectivity index (χ4v) is 3.95. The summed E-state index contributed by atoms with van der Waals surface area (Å²) in [7, 11) is 0. The number of halogens is 1. The van der Waals surface area contributed by atoms with Crippen LogP contribution in [0.4, 0.5) is 0 Å². The zero-order valence-electron chi connectivity index (χ0n) is 7.38. The quantitative estimate of drug-likeness (QED) is 0.814. The molecule has 1 aliphatic carbocycles. The molecule has 0 unspecified atom stereocenters. The molecule has 13 heavy (non-hydrogen) atoms. The average molecular weight is 262 g/mol. The van der Waals surface area contributed by atoms with E-state index in [1.807, 2.05) is 0 Å². The van der Waals surface area contributed by atoms with Crippen molar-refractivity contribution in [1.29, 1.82) is 0 Å². The van der Waals surface area contributed by atoms with E-state index in [0.29, 0.717) is 12.8 Å². The highest BCUT2D eigenvalue weighted by molar-refractivity contribution is 9.10. The largest absolute Gasteiger partial charge is 0.393 e. The molecule has 0 amide bonds. The maximum Gasteiger partial charge on any atom is 0.0582 e. The van der Waals surface area contributed by atoms with E-state index < -0.39 is 0 Å². The second-order valence-electron chi connectivity index (χ2n) is 3.75. The van der Waals surface area contributed by atoms with Gasteiger partial charge in [0.15, 0.2) is 0 Å². The molecule has 72 valence electrons. The number of aryl methyl sites for hydroxylation is 1. The van der Waals surface area contributed by atoms with E-state index in [9.17, 15) is 5.11 Å². The highest BCUT2D eigenvalue weighted by Gasteiger charge is 2.43. The molecule has 1 fully saturated rings. The topological polar surface area (TPSA) is 46.2 Å². The number of hydrogen-bond donors (Lipinski definition) is 2. The Bertz CT molecular complexity index is 330. The van der Waals surface area contributed by atoms with Crippen LogP contribution in [-0.4, -0.2) is 11.2 Å². The zero-order valence-corrected chi connectivity index (χ0v) is 9.78. The van der Waals surface area contributed by atoms with Crippen molar-refractivity contribution in [2.45, 2.75) is 31.4 Å². The summed E-state index contributed by atoms with van der Waals surface area (Å²) in [6, 6.07) is 2.08. The standard InChI is InChI=1S/C9H12BrNOS/c1-5-2-7(10)8(13-5)9(11)3-6(12)4-9/h2,6,12H,3-4,11H2,1H3. The number of hydrogen-bond acceptors (Lipinski definition) is 3. The van der Waals surface area contributed by atoms with Crippen molar-refractivity contribution in [2.24, 2.45) is 5.73 Å². The molecule has 3 N–H and O–H groups in total. The second kappa shape index (κ2) is 3.05. The summed E-state index contributed by atoms with van der Waals surface area (Å²) in [4.78, 5) is 2.43. The molecule has 0 bridgehead atoms. The Balaban J connectivity index is 2.30. The lowest BCUT2D eigenvalue weighted by Crippen LogP contribution is -2.51. The second-order valence-corrected chi connectivity index (χ2v) is 5.86. The van der Waals surface area contributed by atoms with Crippen molar-refractivity contribution in [2.75, 3.05) is 0 Å². The number of thiophene rings is 1. The molecule has 1 aromatic rings. The van der Waals surface area contributed by atoms with Gasteiger partial charge >= 0.3 is 0 Å². The first kappa shape index (κ1) is 9.65. The molecule has 0 aromatic carbocycles. The van der Waals surface area contributed by atoms with Crippen LogP contribution in [-0.2, 0) is 5.54 Å². The Morgan fingerprint density at radius 2 is 2.31 bits per heavy atom. The molecule has 0 atom stereocenters. The van der Waals surface area contributed by atoms with E-state index in [2.05, 4.69) is 28.9 Å². The first-order chi connectivity index (χ1) is 6.01. The molecular formula is C9H12BrNOS. The number of rotatable bonds is 1. The van der Waals surface area contributed by atoms with Crippen LogP contribution in [0.25, 0.3) is 0 Å². The number of aliphatic hydroxyl groups excluding tert-OH is 1. The lowest BCUT2D eigenvalue weighted by atomic mass is 9.74. The molecule has 2 rings (SSSR count). The van der Waals surface area contributed by atoms with Crippen molar-refractivity contribution in [3.8, 4) is 0 Å². The Kier molecular flexibility index (Phi) is 2.27. The van der Waals surface area contributed by atoms with Crippen LogP contribution in [0.3, 0.4) is 0 Å². The Hall–Kier alpha value is 0.1000. The molecule has 1 heterocycles. The van der Waals surface area contributed by atoms with Gasteiger partial charge < -0.3 is 10.8 Å². The van der Waals surface area contributed by atoms with Gasteiger partial charge in [0.25, 0.3) is 0 Å². The number of aliphatic hydroxyl groups is 1. The van der Waals surface area contributed by atoms with Crippen molar-refractivity contribution < 1.29 is 5.11 Å². The minimum absolute atomic E-state index is 0.209. The Labute approximate surface area is 89.9 Å². The van der Waals surface area contributed by atoms with Crippen molar-refractivity contribution in [1.82, 2.24) is 0 Å². The average Bonchev–Trinajstić information content (AvgIpc) is 2.27. The van der Waals surface area contributed by atoms with Gasteiger partial charge in [-0.15, -0.1) is 11.3 Å². The van der Waals surface area contributed by atoms with Gasteiger partial charge in [-0.2, -0.15) is 0 Å². The van der Waals surface area contributed by atoms with E-state index in [1.54, 1.807) is 11.3 Å². The summed E-state index contributed by atoms with van der Waals surface area (Å²) in [6.45, 7) is 2.07. The first-order valence-corrected chi connectivity index (χ1v) is 5.85. The summed E-state index contributed by atoms with van der Waals surface area (Å²) < 4.78 is 1.09. The molecule has 1 saturated carbocycles. The summed E-state index contributed by atoms with van der Waals surface area (Å²) in [5.74, 6) is 0. The van der Waals surface area contributed by atoms with E-state index in [0.717, 1.165) is 4.47 Å². The van der Waals surface area contributed by atoms with Gasteiger partial charge in [-0.1, -0.05) is 0 Å². The highest BCUT2D eigenvalue weighted by atomic mass is 79.9. The van der Waals surface area contributed by atoms with Crippen molar-refractivity contribution in [3.63, 3.8) is 0 Å². The molecule has 1 aliphatic rings. The third-order valence-corrected chi connectivity index (χ3v) is 4.62. The van der Waals surface area contributed by atoms with Gasteiger partial charge in [0.1, 0.15) is 0 Å². The third kappa shape index (κ3) is 1.56. The van der Waals surface area contributed by atoms with Gasteiger partial charge in [-0.25, -0.2) is 0 Å². The van der Waals surface area contributed by atoms with Gasteiger partial charge in [-0.05, 0) is 41.8 Å². The van der Waals surface area contributed by atoms with E-state index in [1.165, 1.54) is 9.75 Å². The number of nitrogens with two attached hydrogens (primary N) is 1. The lowest BCUT2D eigenvalue weighted by Gasteiger charge is -2.41.